The number of halogens is 1. The van der Waals surface area contributed by atoms with E-state index in [2.05, 4.69) is 47.7 Å². The molecule has 0 N–H and O–H groups in total. The lowest BCUT2D eigenvalue weighted by atomic mass is 9.99. The summed E-state index contributed by atoms with van der Waals surface area (Å²) in [6, 6.07) is 7.76. The monoisotopic (exact) mass is 336 g/mol. The standard InChI is InChI=1S/C16H21BrN2O/c1-16(2,3)19-8-6-13(7-9-19)20-14-4-5-15(17)12(10-14)11-18/h4-5,10,13H,6-9H2,1-3H3. The maximum atomic E-state index is 9.03. The molecule has 0 amide bonds. The highest BCUT2D eigenvalue weighted by Crippen LogP contribution is 2.26. The molecule has 1 aliphatic rings. The lowest BCUT2D eigenvalue weighted by molar-refractivity contribution is 0.0491. The van der Waals surface area contributed by atoms with E-state index in [1.807, 2.05) is 12.1 Å². The van der Waals surface area contributed by atoms with Crippen LogP contribution in [-0.4, -0.2) is 29.6 Å². The summed E-state index contributed by atoms with van der Waals surface area (Å²) in [5.74, 6) is 0.791. The van der Waals surface area contributed by atoms with Crippen LogP contribution in [0.4, 0.5) is 0 Å². The molecule has 1 saturated heterocycles. The second-order valence-electron chi connectivity index (χ2n) is 6.23. The minimum absolute atomic E-state index is 0.233. The number of hydrogen-bond acceptors (Lipinski definition) is 3. The Kier molecular flexibility index (Phi) is 4.72. The zero-order valence-electron chi connectivity index (χ0n) is 12.3. The van der Waals surface area contributed by atoms with E-state index in [1.54, 1.807) is 6.07 Å². The Morgan fingerprint density at radius 3 is 2.50 bits per heavy atom. The molecule has 108 valence electrons. The molecule has 2 rings (SSSR count). The number of rotatable bonds is 2. The molecule has 0 saturated carbocycles. The molecule has 0 radical (unpaired) electrons. The van der Waals surface area contributed by atoms with E-state index in [9.17, 15) is 0 Å². The Morgan fingerprint density at radius 2 is 1.95 bits per heavy atom. The molecule has 0 atom stereocenters. The Hall–Kier alpha value is -1.05. The van der Waals surface area contributed by atoms with Gasteiger partial charge in [-0.25, -0.2) is 0 Å². The predicted molar refractivity (Wildman–Crippen MR) is 83.8 cm³/mol. The smallest absolute Gasteiger partial charge is 0.121 e. The van der Waals surface area contributed by atoms with E-state index in [0.717, 1.165) is 36.2 Å². The van der Waals surface area contributed by atoms with Gasteiger partial charge in [0.05, 0.1) is 5.56 Å². The molecule has 20 heavy (non-hydrogen) atoms. The predicted octanol–water partition coefficient (Wildman–Crippen LogP) is 3.96. The number of likely N-dealkylation sites (tertiary alicyclic amines) is 1. The number of ether oxygens (including phenoxy) is 1. The summed E-state index contributed by atoms with van der Waals surface area (Å²) < 4.78 is 6.83. The van der Waals surface area contributed by atoms with Gasteiger partial charge >= 0.3 is 0 Å². The Balaban J connectivity index is 1.95. The average molecular weight is 337 g/mol. The van der Waals surface area contributed by atoms with Gasteiger partial charge in [0.15, 0.2) is 0 Å². The Morgan fingerprint density at radius 1 is 1.30 bits per heavy atom. The van der Waals surface area contributed by atoms with Crippen LogP contribution in [0.3, 0.4) is 0 Å². The molecule has 1 heterocycles. The molecule has 1 aliphatic heterocycles. The van der Waals surface area contributed by atoms with Crippen LogP contribution in [0.5, 0.6) is 5.75 Å². The summed E-state index contributed by atoms with van der Waals surface area (Å²) in [7, 11) is 0. The van der Waals surface area contributed by atoms with Gasteiger partial charge in [-0.1, -0.05) is 0 Å². The van der Waals surface area contributed by atoms with E-state index in [-0.39, 0.29) is 11.6 Å². The van der Waals surface area contributed by atoms with Crippen molar-refractivity contribution in [3.8, 4) is 11.8 Å². The molecule has 1 fully saturated rings. The number of nitriles is 1. The van der Waals surface area contributed by atoms with Crippen LogP contribution in [-0.2, 0) is 0 Å². The van der Waals surface area contributed by atoms with Gasteiger partial charge in [-0.3, -0.25) is 4.90 Å². The van der Waals surface area contributed by atoms with Crippen LogP contribution >= 0.6 is 15.9 Å². The summed E-state index contributed by atoms with van der Waals surface area (Å²) in [4.78, 5) is 2.50. The molecular weight excluding hydrogens is 316 g/mol. The second-order valence-corrected chi connectivity index (χ2v) is 7.08. The van der Waals surface area contributed by atoms with Crippen LogP contribution in [0.1, 0.15) is 39.2 Å². The third kappa shape index (κ3) is 3.74. The Bertz CT molecular complexity index is 508. The maximum Gasteiger partial charge on any atom is 0.121 e. The summed E-state index contributed by atoms with van der Waals surface area (Å²) in [6.45, 7) is 8.89. The van der Waals surface area contributed by atoms with Crippen LogP contribution in [0.25, 0.3) is 0 Å². The SMILES string of the molecule is CC(C)(C)N1CCC(Oc2ccc(Br)c(C#N)c2)CC1. The Labute approximate surface area is 129 Å². The highest BCUT2D eigenvalue weighted by molar-refractivity contribution is 9.10. The van der Waals surface area contributed by atoms with Crippen molar-refractivity contribution in [1.29, 1.82) is 5.26 Å². The summed E-state index contributed by atoms with van der Waals surface area (Å²) in [5, 5.41) is 9.03. The van der Waals surface area contributed by atoms with E-state index >= 15 is 0 Å². The molecular formula is C16H21BrN2O. The van der Waals surface area contributed by atoms with Crippen molar-refractivity contribution in [2.45, 2.75) is 45.3 Å². The fourth-order valence-corrected chi connectivity index (χ4v) is 2.84. The van der Waals surface area contributed by atoms with Crippen molar-refractivity contribution in [3.05, 3.63) is 28.2 Å². The lowest BCUT2D eigenvalue weighted by Gasteiger charge is -2.40. The van der Waals surface area contributed by atoms with E-state index in [4.69, 9.17) is 10.00 Å². The topological polar surface area (TPSA) is 36.3 Å². The molecule has 4 heteroatoms. The zero-order valence-corrected chi connectivity index (χ0v) is 13.9. The summed E-state index contributed by atoms with van der Waals surface area (Å²) in [6.07, 6.45) is 2.33. The van der Waals surface area contributed by atoms with Crippen LogP contribution < -0.4 is 4.74 Å². The first-order valence-corrected chi connectivity index (χ1v) is 7.81. The largest absolute Gasteiger partial charge is 0.490 e. The first kappa shape index (κ1) is 15.3. The number of piperidine rings is 1. The highest BCUT2D eigenvalue weighted by atomic mass is 79.9. The van der Waals surface area contributed by atoms with Gasteiger partial charge in [-0.2, -0.15) is 5.26 Å². The molecule has 1 aromatic carbocycles. The number of hydrogen-bond donors (Lipinski definition) is 0. The normalized spacial score (nSPS) is 17.8. The maximum absolute atomic E-state index is 9.03. The molecule has 0 bridgehead atoms. The van der Waals surface area contributed by atoms with Crippen molar-refractivity contribution in [1.82, 2.24) is 4.90 Å². The van der Waals surface area contributed by atoms with Gasteiger partial charge < -0.3 is 4.74 Å². The first-order valence-electron chi connectivity index (χ1n) is 7.01. The molecule has 3 nitrogen and oxygen atoms in total. The second kappa shape index (κ2) is 6.15. The molecule has 0 aromatic heterocycles. The van der Waals surface area contributed by atoms with E-state index < -0.39 is 0 Å². The van der Waals surface area contributed by atoms with Crippen molar-refractivity contribution in [2.24, 2.45) is 0 Å². The van der Waals surface area contributed by atoms with Crippen LogP contribution in [0.15, 0.2) is 22.7 Å². The van der Waals surface area contributed by atoms with Crippen molar-refractivity contribution < 1.29 is 4.74 Å². The lowest BCUT2D eigenvalue weighted by Crippen LogP contribution is -2.48. The van der Waals surface area contributed by atoms with Crippen molar-refractivity contribution in [3.63, 3.8) is 0 Å². The highest BCUT2D eigenvalue weighted by Gasteiger charge is 2.27. The van der Waals surface area contributed by atoms with Gasteiger partial charge in [0.25, 0.3) is 0 Å². The number of benzene rings is 1. The van der Waals surface area contributed by atoms with Gasteiger partial charge in [0, 0.05) is 23.1 Å². The third-order valence-corrected chi connectivity index (χ3v) is 4.44. The molecule has 0 aliphatic carbocycles. The molecule has 1 aromatic rings. The molecule has 0 spiro atoms. The summed E-state index contributed by atoms with van der Waals surface area (Å²) >= 11 is 3.36. The molecule has 0 unspecified atom stereocenters. The average Bonchev–Trinajstić information content (AvgIpc) is 2.40. The van der Waals surface area contributed by atoms with Gasteiger partial charge in [0.1, 0.15) is 17.9 Å². The third-order valence-electron chi connectivity index (χ3n) is 3.75. The van der Waals surface area contributed by atoms with Gasteiger partial charge in [-0.15, -0.1) is 0 Å². The summed E-state index contributed by atoms with van der Waals surface area (Å²) in [5.41, 5.74) is 0.853. The van der Waals surface area contributed by atoms with Crippen molar-refractivity contribution >= 4 is 15.9 Å². The number of nitrogens with zero attached hydrogens (tertiary/aromatic N) is 2. The quantitative estimate of drug-likeness (QED) is 0.819. The first-order chi connectivity index (χ1) is 9.40. The fourth-order valence-electron chi connectivity index (χ4n) is 2.50. The van der Waals surface area contributed by atoms with Gasteiger partial charge in [-0.05, 0) is 67.7 Å². The van der Waals surface area contributed by atoms with E-state index in [1.165, 1.54) is 0 Å². The van der Waals surface area contributed by atoms with Gasteiger partial charge in [0.2, 0.25) is 0 Å². The van der Waals surface area contributed by atoms with E-state index in [0.29, 0.717) is 5.56 Å². The minimum atomic E-state index is 0.233. The van der Waals surface area contributed by atoms with Crippen LogP contribution in [0, 0.1) is 11.3 Å². The van der Waals surface area contributed by atoms with Crippen molar-refractivity contribution in [2.75, 3.05) is 13.1 Å². The fraction of sp³-hybridized carbons (Fsp3) is 0.562. The van der Waals surface area contributed by atoms with Crippen LogP contribution in [0.2, 0.25) is 0 Å². The minimum Gasteiger partial charge on any atom is -0.490 e. The zero-order chi connectivity index (χ0) is 14.8.